The van der Waals surface area contributed by atoms with Crippen LogP contribution in [-0.4, -0.2) is 5.78 Å². The molecule has 2 rings (SSSR count). The highest BCUT2D eigenvalue weighted by atomic mass is 16.1. The smallest absolute Gasteiger partial charge is 0.162 e. The number of ketones is 1. The van der Waals surface area contributed by atoms with Crippen molar-refractivity contribution in [3.63, 3.8) is 0 Å². The summed E-state index contributed by atoms with van der Waals surface area (Å²) < 4.78 is 0. The fourth-order valence-corrected chi connectivity index (χ4v) is 1.89. The highest BCUT2D eigenvalue weighted by molar-refractivity contribution is 6.01. The van der Waals surface area contributed by atoms with E-state index < -0.39 is 0 Å². The van der Waals surface area contributed by atoms with E-state index in [2.05, 4.69) is 13.8 Å². The molecule has 0 heterocycles. The van der Waals surface area contributed by atoms with Crippen LogP contribution in [0.4, 0.5) is 0 Å². The molecule has 0 aliphatic heterocycles. The van der Waals surface area contributed by atoms with Crippen molar-refractivity contribution in [2.45, 2.75) is 13.8 Å². The lowest BCUT2D eigenvalue weighted by molar-refractivity contribution is -0.119. The molecule has 1 fully saturated rings. The highest BCUT2D eigenvalue weighted by Crippen LogP contribution is 2.62. The molecule has 0 bridgehead atoms. The van der Waals surface area contributed by atoms with Crippen LogP contribution in [0, 0.1) is 17.3 Å². The van der Waals surface area contributed by atoms with Crippen LogP contribution in [0.25, 0.3) is 0 Å². The van der Waals surface area contributed by atoms with E-state index in [1.807, 2.05) is 6.08 Å². The standard InChI is InChI=1S/C8H10O/c1-5-6-3-4-7(9)8(5,6)2/h3-6H,1-2H3. The summed E-state index contributed by atoms with van der Waals surface area (Å²) in [5, 5.41) is 0. The van der Waals surface area contributed by atoms with E-state index in [4.69, 9.17) is 0 Å². The van der Waals surface area contributed by atoms with Gasteiger partial charge < -0.3 is 0 Å². The molecule has 0 aromatic carbocycles. The van der Waals surface area contributed by atoms with Crippen LogP contribution in [0.15, 0.2) is 12.2 Å². The molecule has 1 saturated carbocycles. The third-order valence-electron chi connectivity index (χ3n) is 3.05. The number of hydrogen-bond acceptors (Lipinski definition) is 1. The first-order valence-electron chi connectivity index (χ1n) is 3.40. The van der Waals surface area contributed by atoms with Gasteiger partial charge in [0.2, 0.25) is 0 Å². The van der Waals surface area contributed by atoms with Crippen LogP contribution in [0.5, 0.6) is 0 Å². The van der Waals surface area contributed by atoms with E-state index in [1.54, 1.807) is 6.08 Å². The normalized spacial score (nSPS) is 53.8. The number of allylic oxidation sites excluding steroid dienone is 2. The summed E-state index contributed by atoms with van der Waals surface area (Å²) in [5.74, 6) is 1.51. The maximum absolute atomic E-state index is 11.1. The molecule has 1 nitrogen and oxygen atoms in total. The summed E-state index contributed by atoms with van der Waals surface area (Å²) in [5.41, 5.74) is 0.0278. The van der Waals surface area contributed by atoms with Crippen LogP contribution in [-0.2, 0) is 4.79 Å². The number of hydrogen-bond donors (Lipinski definition) is 0. The van der Waals surface area contributed by atoms with E-state index in [9.17, 15) is 4.79 Å². The molecule has 2 aliphatic carbocycles. The van der Waals surface area contributed by atoms with E-state index in [1.165, 1.54) is 0 Å². The second kappa shape index (κ2) is 1.13. The van der Waals surface area contributed by atoms with Gasteiger partial charge in [0.25, 0.3) is 0 Å². The van der Waals surface area contributed by atoms with E-state index >= 15 is 0 Å². The van der Waals surface area contributed by atoms with Crippen molar-refractivity contribution in [2.75, 3.05) is 0 Å². The summed E-state index contributed by atoms with van der Waals surface area (Å²) in [6.07, 6.45) is 3.78. The third kappa shape index (κ3) is 0.364. The lowest BCUT2D eigenvalue weighted by Gasteiger charge is -1.99. The van der Waals surface area contributed by atoms with E-state index in [0.717, 1.165) is 0 Å². The minimum atomic E-state index is 0.0278. The first kappa shape index (κ1) is 5.21. The zero-order valence-electron chi connectivity index (χ0n) is 5.72. The zero-order chi connectivity index (χ0) is 6.65. The summed E-state index contributed by atoms with van der Waals surface area (Å²) in [6, 6.07) is 0. The molecule has 0 spiro atoms. The van der Waals surface area contributed by atoms with Gasteiger partial charge in [0, 0.05) is 5.41 Å². The summed E-state index contributed by atoms with van der Waals surface area (Å²) in [6.45, 7) is 4.21. The lowest BCUT2D eigenvalue weighted by Crippen LogP contribution is -2.08. The largest absolute Gasteiger partial charge is 0.294 e. The molecular weight excluding hydrogens is 112 g/mol. The van der Waals surface area contributed by atoms with Crippen molar-refractivity contribution in [3.8, 4) is 0 Å². The second-order valence-corrected chi connectivity index (χ2v) is 3.32. The quantitative estimate of drug-likeness (QED) is 0.474. The van der Waals surface area contributed by atoms with Gasteiger partial charge in [-0.15, -0.1) is 0 Å². The summed E-state index contributed by atoms with van der Waals surface area (Å²) in [4.78, 5) is 11.1. The lowest BCUT2D eigenvalue weighted by atomic mass is 10.0. The maximum atomic E-state index is 11.1. The Kier molecular flexibility index (Phi) is 0.655. The minimum Gasteiger partial charge on any atom is -0.294 e. The van der Waals surface area contributed by atoms with Gasteiger partial charge in [-0.1, -0.05) is 19.9 Å². The van der Waals surface area contributed by atoms with Crippen LogP contribution in [0.2, 0.25) is 0 Å². The molecule has 9 heavy (non-hydrogen) atoms. The molecule has 1 heteroatoms. The van der Waals surface area contributed by atoms with E-state index in [0.29, 0.717) is 17.6 Å². The van der Waals surface area contributed by atoms with Gasteiger partial charge in [0.05, 0.1) is 0 Å². The molecule has 3 atom stereocenters. The third-order valence-corrected chi connectivity index (χ3v) is 3.05. The Morgan fingerprint density at radius 2 is 2.33 bits per heavy atom. The number of fused-ring (bicyclic) bond motifs is 1. The topological polar surface area (TPSA) is 17.1 Å². The molecule has 0 radical (unpaired) electrons. The molecule has 3 unspecified atom stereocenters. The predicted octanol–water partition coefficient (Wildman–Crippen LogP) is 1.40. The maximum Gasteiger partial charge on any atom is 0.162 e. The van der Waals surface area contributed by atoms with Crippen LogP contribution in [0.3, 0.4) is 0 Å². The fraction of sp³-hybridized carbons (Fsp3) is 0.625. The Morgan fingerprint density at radius 3 is 2.56 bits per heavy atom. The molecule has 0 aromatic rings. The van der Waals surface area contributed by atoms with Gasteiger partial charge in [0.15, 0.2) is 5.78 Å². The highest BCUT2D eigenvalue weighted by Gasteiger charge is 2.63. The Bertz CT molecular complexity index is 205. The number of carbonyl (C=O) groups excluding carboxylic acids is 1. The van der Waals surface area contributed by atoms with Crippen molar-refractivity contribution < 1.29 is 4.79 Å². The molecular formula is C8H10O. The average Bonchev–Trinajstić information content (AvgIpc) is 2.15. The Hall–Kier alpha value is -0.590. The van der Waals surface area contributed by atoms with Crippen molar-refractivity contribution in [2.24, 2.45) is 17.3 Å². The summed E-state index contributed by atoms with van der Waals surface area (Å²) >= 11 is 0. The monoisotopic (exact) mass is 122 g/mol. The van der Waals surface area contributed by atoms with Crippen molar-refractivity contribution in [3.05, 3.63) is 12.2 Å². The van der Waals surface area contributed by atoms with Gasteiger partial charge >= 0.3 is 0 Å². The van der Waals surface area contributed by atoms with Crippen LogP contribution >= 0.6 is 0 Å². The van der Waals surface area contributed by atoms with Gasteiger partial charge in [-0.3, -0.25) is 4.79 Å². The van der Waals surface area contributed by atoms with Crippen LogP contribution < -0.4 is 0 Å². The second-order valence-electron chi connectivity index (χ2n) is 3.32. The minimum absolute atomic E-state index is 0.0278. The van der Waals surface area contributed by atoms with Gasteiger partial charge in [0.1, 0.15) is 0 Å². The van der Waals surface area contributed by atoms with Gasteiger partial charge in [-0.25, -0.2) is 0 Å². The summed E-state index contributed by atoms with van der Waals surface area (Å²) in [7, 11) is 0. The fourth-order valence-electron chi connectivity index (χ4n) is 1.89. The molecule has 48 valence electrons. The SMILES string of the molecule is CC1C2C=CC(=O)C12C. The Morgan fingerprint density at radius 1 is 1.67 bits per heavy atom. The average molecular weight is 122 g/mol. The number of carbonyl (C=O) groups is 1. The first-order valence-corrected chi connectivity index (χ1v) is 3.40. The zero-order valence-corrected chi connectivity index (χ0v) is 5.72. The molecule has 0 amide bonds. The Labute approximate surface area is 54.8 Å². The van der Waals surface area contributed by atoms with Gasteiger partial charge in [-0.2, -0.15) is 0 Å². The molecule has 2 aliphatic rings. The number of rotatable bonds is 0. The van der Waals surface area contributed by atoms with E-state index in [-0.39, 0.29) is 5.41 Å². The van der Waals surface area contributed by atoms with Crippen molar-refractivity contribution in [1.29, 1.82) is 0 Å². The first-order chi connectivity index (χ1) is 4.17. The van der Waals surface area contributed by atoms with Crippen molar-refractivity contribution in [1.82, 2.24) is 0 Å². The molecule has 0 saturated heterocycles. The molecule has 0 N–H and O–H groups in total. The predicted molar refractivity (Wildman–Crippen MR) is 34.9 cm³/mol. The molecule has 0 aromatic heterocycles. The van der Waals surface area contributed by atoms with Gasteiger partial charge in [-0.05, 0) is 17.9 Å². The Balaban J connectivity index is 2.40. The van der Waals surface area contributed by atoms with Crippen LogP contribution in [0.1, 0.15) is 13.8 Å². The van der Waals surface area contributed by atoms with Crippen molar-refractivity contribution >= 4 is 5.78 Å².